The first-order valence-corrected chi connectivity index (χ1v) is 18.5. The van der Waals surface area contributed by atoms with Crippen molar-refractivity contribution in [3.05, 3.63) is 182 Å². The molecule has 10 aromatic rings. The summed E-state index contributed by atoms with van der Waals surface area (Å²) < 4.78 is 5.19. The Morgan fingerprint density at radius 2 is 0.780 bits per heavy atom. The van der Waals surface area contributed by atoms with Crippen LogP contribution in [-0.4, -0.2) is 0 Å². The second kappa shape index (κ2) is 11.9. The predicted octanol–water partition coefficient (Wildman–Crippen LogP) is 14.5. The lowest BCUT2D eigenvalue weighted by Crippen LogP contribution is -2.10. The number of para-hydroxylation sites is 2. The van der Waals surface area contributed by atoms with Crippen LogP contribution < -0.4 is 9.80 Å². The highest BCUT2D eigenvalue weighted by Crippen LogP contribution is 2.45. The second-order valence-electron chi connectivity index (χ2n) is 12.6. The van der Waals surface area contributed by atoms with Crippen LogP contribution in [0, 0.1) is 0 Å². The van der Waals surface area contributed by atoms with Gasteiger partial charge < -0.3 is 9.80 Å². The van der Waals surface area contributed by atoms with E-state index in [9.17, 15) is 0 Å². The van der Waals surface area contributed by atoms with Crippen LogP contribution in [0.5, 0.6) is 0 Å². The van der Waals surface area contributed by atoms with E-state index in [0.29, 0.717) is 0 Å². The summed E-state index contributed by atoms with van der Waals surface area (Å²) in [6.07, 6.45) is 0. The lowest BCUT2D eigenvalue weighted by molar-refractivity contribution is 1.30. The highest BCUT2D eigenvalue weighted by molar-refractivity contribution is 7.26. The summed E-state index contributed by atoms with van der Waals surface area (Å²) in [5.41, 5.74) is 6.90. The number of hydrogen-bond donors (Lipinski definition) is 0. The maximum absolute atomic E-state index is 2.39. The van der Waals surface area contributed by atoms with Gasteiger partial charge in [0.2, 0.25) is 0 Å². The van der Waals surface area contributed by atoms with Crippen molar-refractivity contribution in [1.82, 2.24) is 0 Å². The molecular formula is C46H30N2S2. The minimum atomic E-state index is 1.14. The van der Waals surface area contributed by atoms with Crippen molar-refractivity contribution in [2.24, 2.45) is 0 Å². The molecule has 236 valence electrons. The van der Waals surface area contributed by atoms with Crippen molar-refractivity contribution in [2.45, 2.75) is 0 Å². The largest absolute Gasteiger partial charge is 0.310 e. The van der Waals surface area contributed by atoms with Crippen LogP contribution in [0.2, 0.25) is 0 Å². The van der Waals surface area contributed by atoms with Crippen LogP contribution in [0.4, 0.5) is 34.1 Å². The molecule has 10 rings (SSSR count). The van der Waals surface area contributed by atoms with Gasteiger partial charge in [0.05, 0.1) is 5.69 Å². The third-order valence-electron chi connectivity index (χ3n) is 9.61. The molecule has 0 aliphatic heterocycles. The maximum atomic E-state index is 2.39. The van der Waals surface area contributed by atoms with Crippen LogP contribution >= 0.6 is 22.7 Å². The molecule has 0 saturated heterocycles. The molecule has 2 heterocycles. The number of rotatable bonds is 6. The summed E-state index contributed by atoms with van der Waals surface area (Å²) in [5.74, 6) is 0. The first-order chi connectivity index (χ1) is 24.8. The molecular weight excluding hydrogens is 645 g/mol. The molecule has 0 aliphatic carbocycles. The van der Waals surface area contributed by atoms with Gasteiger partial charge in [-0.2, -0.15) is 0 Å². The normalized spacial score (nSPS) is 11.6. The fraction of sp³-hybridized carbons (Fsp3) is 0. The Morgan fingerprint density at radius 1 is 0.280 bits per heavy atom. The van der Waals surface area contributed by atoms with E-state index in [2.05, 4.69) is 192 Å². The van der Waals surface area contributed by atoms with Gasteiger partial charge in [0, 0.05) is 74.2 Å². The fourth-order valence-corrected chi connectivity index (χ4v) is 9.52. The maximum Gasteiger partial charge on any atom is 0.0540 e. The molecule has 4 heteroatoms. The van der Waals surface area contributed by atoms with Crippen LogP contribution in [-0.2, 0) is 0 Å². The summed E-state index contributed by atoms with van der Waals surface area (Å²) in [4.78, 5) is 4.78. The molecule has 0 atom stereocenters. The van der Waals surface area contributed by atoms with Gasteiger partial charge >= 0.3 is 0 Å². The molecule has 0 radical (unpaired) electrons. The SMILES string of the molecule is c1ccc(N(c2ccc3c(c2)sc2ccc(N(c4ccccc4)c4cccc5ccccc45)cc23)c2ccc3sc4ccccc4c3c2)cc1. The van der Waals surface area contributed by atoms with E-state index < -0.39 is 0 Å². The summed E-state index contributed by atoms with van der Waals surface area (Å²) in [7, 11) is 0. The van der Waals surface area contributed by atoms with E-state index >= 15 is 0 Å². The molecule has 0 fully saturated rings. The van der Waals surface area contributed by atoms with Crippen molar-refractivity contribution < 1.29 is 0 Å². The average molecular weight is 675 g/mol. The first-order valence-electron chi connectivity index (χ1n) is 16.8. The molecule has 50 heavy (non-hydrogen) atoms. The van der Waals surface area contributed by atoms with Crippen molar-refractivity contribution in [3.63, 3.8) is 0 Å². The van der Waals surface area contributed by atoms with E-state index in [1.807, 2.05) is 22.7 Å². The lowest BCUT2D eigenvalue weighted by atomic mass is 10.1. The second-order valence-corrected chi connectivity index (χ2v) is 14.7. The van der Waals surface area contributed by atoms with Gasteiger partial charge in [-0.25, -0.2) is 0 Å². The van der Waals surface area contributed by atoms with Crippen molar-refractivity contribution in [3.8, 4) is 0 Å². The monoisotopic (exact) mass is 674 g/mol. The zero-order valence-corrected chi connectivity index (χ0v) is 28.7. The number of benzene rings is 8. The summed E-state index contributed by atoms with van der Waals surface area (Å²) in [6.45, 7) is 0. The molecule has 2 aromatic heterocycles. The Labute approximate surface area is 298 Å². The average Bonchev–Trinajstić information content (AvgIpc) is 3.73. The Hall–Kier alpha value is -5.94. The molecule has 0 unspecified atom stereocenters. The van der Waals surface area contributed by atoms with Crippen LogP contribution in [0.1, 0.15) is 0 Å². The number of thiophene rings is 2. The van der Waals surface area contributed by atoms with Gasteiger partial charge in [-0.1, -0.05) is 97.1 Å². The number of nitrogens with zero attached hydrogens (tertiary/aromatic N) is 2. The van der Waals surface area contributed by atoms with E-state index in [0.717, 1.165) is 28.4 Å². The van der Waals surface area contributed by atoms with E-state index in [4.69, 9.17) is 0 Å². The third kappa shape index (κ3) is 4.84. The van der Waals surface area contributed by atoms with Crippen molar-refractivity contribution in [1.29, 1.82) is 0 Å². The topological polar surface area (TPSA) is 6.48 Å². The van der Waals surface area contributed by atoms with Gasteiger partial charge in [0.25, 0.3) is 0 Å². The molecule has 8 aromatic carbocycles. The molecule has 0 saturated carbocycles. The molecule has 0 spiro atoms. The van der Waals surface area contributed by atoms with Crippen LogP contribution in [0.15, 0.2) is 182 Å². The van der Waals surface area contributed by atoms with Crippen molar-refractivity contribution in [2.75, 3.05) is 9.80 Å². The number of anilines is 6. The summed E-state index contributed by atoms with van der Waals surface area (Å²) in [5, 5.41) is 7.62. The van der Waals surface area contributed by atoms with Crippen LogP contribution in [0.3, 0.4) is 0 Å². The predicted molar refractivity (Wildman–Crippen MR) is 219 cm³/mol. The Morgan fingerprint density at radius 3 is 1.52 bits per heavy atom. The summed E-state index contributed by atoms with van der Waals surface area (Å²) in [6, 6.07) is 66.1. The van der Waals surface area contributed by atoms with E-state index in [1.165, 1.54) is 56.8 Å². The molecule has 0 aliphatic rings. The minimum absolute atomic E-state index is 1.14. The highest BCUT2D eigenvalue weighted by Gasteiger charge is 2.19. The lowest BCUT2D eigenvalue weighted by Gasteiger charge is -2.27. The van der Waals surface area contributed by atoms with Gasteiger partial charge in [-0.15, -0.1) is 22.7 Å². The Kier molecular flexibility index (Phi) is 6.90. The number of hydrogen-bond acceptors (Lipinski definition) is 4. The molecule has 2 nitrogen and oxygen atoms in total. The van der Waals surface area contributed by atoms with Gasteiger partial charge in [-0.05, 0) is 90.3 Å². The van der Waals surface area contributed by atoms with Gasteiger partial charge in [-0.3, -0.25) is 0 Å². The molecule has 0 amide bonds. The first kappa shape index (κ1) is 29.0. The standard InChI is InChI=1S/C46H30N2S2/c1-3-14-32(15-4-1)47(34-23-26-44-40(28-34)38-19-9-10-21-43(38)49-44)36-22-25-39-41-29-35(24-27-45(41)50-46(39)30-36)48(33-16-5-2-6-17-33)42-20-11-13-31-12-7-8-18-37(31)42/h1-30H. The third-order valence-corrected chi connectivity index (χ3v) is 11.9. The Balaban J connectivity index is 1.12. The smallest absolute Gasteiger partial charge is 0.0540 e. The van der Waals surface area contributed by atoms with E-state index in [-0.39, 0.29) is 0 Å². The van der Waals surface area contributed by atoms with Crippen LogP contribution in [0.25, 0.3) is 51.1 Å². The summed E-state index contributed by atoms with van der Waals surface area (Å²) >= 11 is 3.72. The molecule has 0 N–H and O–H groups in total. The van der Waals surface area contributed by atoms with Gasteiger partial charge in [0.15, 0.2) is 0 Å². The zero-order valence-electron chi connectivity index (χ0n) is 27.0. The van der Waals surface area contributed by atoms with Crippen molar-refractivity contribution >= 4 is 108 Å². The highest BCUT2D eigenvalue weighted by atomic mass is 32.1. The quantitative estimate of drug-likeness (QED) is 0.173. The minimum Gasteiger partial charge on any atom is -0.310 e. The zero-order chi connectivity index (χ0) is 33.0. The fourth-order valence-electron chi connectivity index (χ4n) is 7.32. The number of fused-ring (bicyclic) bond motifs is 7. The Bertz CT molecular complexity index is 2830. The van der Waals surface area contributed by atoms with Gasteiger partial charge in [0.1, 0.15) is 0 Å². The van der Waals surface area contributed by atoms with E-state index in [1.54, 1.807) is 0 Å². The molecule has 0 bridgehead atoms.